The Balaban J connectivity index is -0.000000230. The van der Waals surface area contributed by atoms with E-state index in [9.17, 15) is 9.59 Å². The average Bonchev–Trinajstić information content (AvgIpc) is 1.94. The van der Waals surface area contributed by atoms with E-state index in [1.54, 1.807) is 0 Å². The molecule has 0 rings (SSSR count). The molecular formula is C15H37AlO2Si2. The van der Waals surface area contributed by atoms with Crippen LogP contribution in [0.3, 0.4) is 0 Å². The molecule has 0 radical (unpaired) electrons. The molecule has 0 atom stereocenters. The molecule has 0 aromatic rings. The summed E-state index contributed by atoms with van der Waals surface area (Å²) in [6.45, 7) is 23.8. The van der Waals surface area contributed by atoms with Crippen molar-refractivity contribution in [1.29, 1.82) is 0 Å². The van der Waals surface area contributed by atoms with Gasteiger partial charge in [0.2, 0.25) is 0 Å². The first-order valence-corrected chi connectivity index (χ1v) is 13.9. The third-order valence-electron chi connectivity index (χ3n) is 3.61. The van der Waals surface area contributed by atoms with E-state index in [1.165, 1.54) is 0 Å². The van der Waals surface area contributed by atoms with E-state index in [2.05, 4.69) is 30.1 Å². The van der Waals surface area contributed by atoms with Crippen molar-refractivity contribution >= 4 is 32.9 Å². The molecule has 0 fully saturated rings. The van der Waals surface area contributed by atoms with Crippen molar-refractivity contribution in [3.8, 4) is 0 Å². The van der Waals surface area contributed by atoms with Crippen LogP contribution in [0.2, 0.25) is 41.0 Å². The minimum atomic E-state index is -2.11. The minimum absolute atomic E-state index is 0.0208. The Morgan fingerprint density at radius 3 is 0.750 bits per heavy atom. The number of hydrogen-bond acceptors (Lipinski definition) is 2. The van der Waals surface area contributed by atoms with E-state index >= 15 is 0 Å². The molecule has 5 heteroatoms. The van der Waals surface area contributed by atoms with Gasteiger partial charge in [-0.2, -0.15) is 0 Å². The molecule has 0 saturated heterocycles. The Morgan fingerprint density at radius 2 is 0.750 bits per heavy atom. The summed E-state index contributed by atoms with van der Waals surface area (Å²) in [5.41, 5.74) is 0. The van der Waals surface area contributed by atoms with E-state index in [-0.39, 0.29) is 10.1 Å². The molecule has 0 spiro atoms. The summed E-state index contributed by atoms with van der Waals surface area (Å²) in [6, 6.07) is 0. The van der Waals surface area contributed by atoms with E-state index < -0.39 is 16.6 Å². The Kier molecular flexibility index (Phi) is 11.8. The third-order valence-corrected chi connectivity index (χ3v) is 10.8. The maximum absolute atomic E-state index is 11.3. The van der Waals surface area contributed by atoms with Crippen LogP contribution in [0.15, 0.2) is 0 Å². The van der Waals surface area contributed by atoms with Crippen molar-refractivity contribution in [3.63, 3.8) is 0 Å². The zero-order valence-electron chi connectivity index (χ0n) is 16.0. The summed E-state index contributed by atoms with van der Waals surface area (Å²) in [5.74, 6) is 0. The average molecular weight is 333 g/mol. The van der Waals surface area contributed by atoms with Crippen LogP contribution in [-0.2, 0) is 0 Å². The standard InChI is InChI=1S/2C6H15OSi.C3H7.Al/c2*1-6(2,3)8(4,5)7;1-3-2;/h2*1-5H3;3H,1-2H3;/q2*-1;;+2. The van der Waals surface area contributed by atoms with E-state index in [4.69, 9.17) is 0 Å². The van der Waals surface area contributed by atoms with Crippen molar-refractivity contribution in [2.45, 2.75) is 96.4 Å². The molecule has 2 nitrogen and oxygen atoms in total. The van der Waals surface area contributed by atoms with Crippen LogP contribution < -0.4 is 9.59 Å². The fourth-order valence-electron chi connectivity index (χ4n) is 0. The quantitative estimate of drug-likeness (QED) is 0.635. The summed E-state index contributed by atoms with van der Waals surface area (Å²) in [7, 11) is -4.22. The predicted octanol–water partition coefficient (Wildman–Crippen LogP) is 3.69. The molecule has 0 aliphatic carbocycles. The molecule has 0 aliphatic rings. The predicted molar refractivity (Wildman–Crippen MR) is 95.2 cm³/mol. The fraction of sp³-hybridized carbons (Fsp3) is 1.00. The molecule has 0 unspecified atom stereocenters. The molecule has 0 aromatic carbocycles. The van der Waals surface area contributed by atoms with Crippen LogP contribution in [0, 0.1) is 0 Å². The summed E-state index contributed by atoms with van der Waals surface area (Å²) in [4.78, 5) is 22.5. The van der Waals surface area contributed by atoms with Crippen molar-refractivity contribution in [3.05, 3.63) is 0 Å². The van der Waals surface area contributed by atoms with Crippen LogP contribution in [0.5, 0.6) is 0 Å². The van der Waals surface area contributed by atoms with Gasteiger partial charge >= 0.3 is 34.9 Å². The topological polar surface area (TPSA) is 46.1 Å². The molecule has 0 saturated carbocycles. The van der Waals surface area contributed by atoms with Gasteiger partial charge in [-0.3, -0.25) is 0 Å². The van der Waals surface area contributed by atoms with Gasteiger partial charge in [0.1, 0.15) is 0 Å². The van der Waals surface area contributed by atoms with Crippen LogP contribution in [0.4, 0.5) is 0 Å². The van der Waals surface area contributed by atoms with Crippen LogP contribution in [0.25, 0.3) is 0 Å². The van der Waals surface area contributed by atoms with Gasteiger partial charge < -0.3 is 9.59 Å². The van der Waals surface area contributed by atoms with Crippen LogP contribution in [0.1, 0.15) is 55.4 Å². The first-order chi connectivity index (χ1) is 8.23. The van der Waals surface area contributed by atoms with Crippen molar-refractivity contribution in [2.75, 3.05) is 0 Å². The molecule has 0 aromatic heterocycles. The van der Waals surface area contributed by atoms with Crippen molar-refractivity contribution < 1.29 is 9.59 Å². The third kappa shape index (κ3) is 16.9. The van der Waals surface area contributed by atoms with Gasteiger partial charge in [0.25, 0.3) is 0 Å². The normalized spacial score (nSPS) is 13.2. The monoisotopic (exact) mass is 332 g/mol. The van der Waals surface area contributed by atoms with Gasteiger partial charge in [-0.15, -0.1) is 0 Å². The molecule has 0 aliphatic heterocycles. The second kappa shape index (κ2) is 9.12. The van der Waals surface area contributed by atoms with Gasteiger partial charge in [-0.05, 0) is 16.6 Å². The van der Waals surface area contributed by atoms with E-state index in [0.29, 0.717) is 0 Å². The first kappa shape index (κ1) is 25.8. The summed E-state index contributed by atoms with van der Waals surface area (Å²) in [6.07, 6.45) is 0. The Bertz CT molecular complexity index is 190. The van der Waals surface area contributed by atoms with Crippen LogP contribution in [-0.4, -0.2) is 32.9 Å². The Hall–Kier alpha value is 0.886. The van der Waals surface area contributed by atoms with Crippen LogP contribution >= 0.6 is 0 Å². The summed E-state index contributed by atoms with van der Waals surface area (Å²) >= 11 is 2.66. The molecular weight excluding hydrogens is 295 g/mol. The molecule has 120 valence electrons. The molecule has 0 amide bonds. The molecule has 0 bridgehead atoms. The fourth-order valence-corrected chi connectivity index (χ4v) is 0. The van der Waals surface area contributed by atoms with Gasteiger partial charge in [-0.25, -0.2) is 0 Å². The Labute approximate surface area is 139 Å². The summed E-state index contributed by atoms with van der Waals surface area (Å²) < 4.78 is 0.750. The summed E-state index contributed by atoms with van der Waals surface area (Å²) in [5, 5.41) is 0.0417. The zero-order chi connectivity index (χ0) is 17.6. The van der Waals surface area contributed by atoms with Crippen molar-refractivity contribution in [2.24, 2.45) is 0 Å². The van der Waals surface area contributed by atoms with E-state index in [1.807, 2.05) is 67.7 Å². The van der Waals surface area contributed by atoms with Gasteiger partial charge in [0, 0.05) is 0 Å². The SMILES string of the molecule is CC(C)(C)[Si](C)(C)[O-].CC(C)(C)[Si](C)(C)[O-].C[CH](C)[Al+2]. The maximum atomic E-state index is 11.3. The molecule has 20 heavy (non-hydrogen) atoms. The second-order valence-corrected chi connectivity index (χ2v) is 19.1. The first-order valence-electron chi connectivity index (χ1n) is 7.40. The number of hydrogen-bond donors (Lipinski definition) is 0. The number of rotatable bonds is 0. The van der Waals surface area contributed by atoms with Gasteiger partial charge in [-0.1, -0.05) is 77.8 Å². The molecule has 0 N–H and O–H groups in total. The molecule has 0 heterocycles. The van der Waals surface area contributed by atoms with Gasteiger partial charge in [0.05, 0.1) is 0 Å². The zero-order valence-corrected chi connectivity index (χ0v) is 19.1. The Morgan fingerprint density at radius 1 is 0.700 bits per heavy atom. The van der Waals surface area contributed by atoms with Gasteiger partial charge in [0.15, 0.2) is 0 Å². The second-order valence-electron chi connectivity index (χ2n) is 8.76. The van der Waals surface area contributed by atoms with E-state index in [0.717, 1.165) is 4.78 Å². The van der Waals surface area contributed by atoms with Crippen molar-refractivity contribution in [1.82, 2.24) is 0 Å².